The lowest BCUT2D eigenvalue weighted by molar-refractivity contribution is -0.166. The molecule has 4 aromatic rings. The fourth-order valence-electron chi connectivity index (χ4n) is 6.71. The minimum absolute atomic E-state index is 0.00274. The number of fused-ring (bicyclic) bond motifs is 5. The van der Waals surface area contributed by atoms with E-state index >= 15 is 0 Å². The number of H-pyrrole nitrogens is 1. The van der Waals surface area contributed by atoms with E-state index in [1.165, 1.54) is 0 Å². The summed E-state index contributed by atoms with van der Waals surface area (Å²) in [4.78, 5) is 35.4. The van der Waals surface area contributed by atoms with Gasteiger partial charge in [-0.1, -0.05) is 30.3 Å². The van der Waals surface area contributed by atoms with E-state index in [1.807, 2.05) is 75.4 Å². The van der Waals surface area contributed by atoms with Gasteiger partial charge in [0, 0.05) is 29.9 Å². The third kappa shape index (κ3) is 4.80. The minimum atomic E-state index is -1.18. The van der Waals surface area contributed by atoms with Gasteiger partial charge in [0.15, 0.2) is 28.5 Å². The van der Waals surface area contributed by atoms with Crippen molar-refractivity contribution >= 4 is 22.7 Å². The van der Waals surface area contributed by atoms with E-state index in [0.717, 1.165) is 33.3 Å². The molecule has 6 rings (SSSR count). The summed E-state index contributed by atoms with van der Waals surface area (Å²) in [5, 5.41) is 1.04. The summed E-state index contributed by atoms with van der Waals surface area (Å²) in [6.07, 6.45) is 0.569. The molecule has 44 heavy (non-hydrogen) atoms. The Balaban J connectivity index is 1.38. The maximum Gasteiger partial charge on any atom is 0.254 e. The van der Waals surface area contributed by atoms with E-state index < -0.39 is 5.54 Å². The molecular weight excluding hydrogens is 558 g/mol. The van der Waals surface area contributed by atoms with Crippen molar-refractivity contribution in [2.24, 2.45) is 0 Å². The fourth-order valence-corrected chi connectivity index (χ4v) is 6.71. The Bertz CT molecular complexity index is 1730. The van der Waals surface area contributed by atoms with Gasteiger partial charge in [-0.05, 0) is 74.2 Å². The van der Waals surface area contributed by atoms with Crippen LogP contribution in [0.1, 0.15) is 49.1 Å². The summed E-state index contributed by atoms with van der Waals surface area (Å²) >= 11 is 0. The molecule has 230 valence electrons. The van der Waals surface area contributed by atoms with Crippen molar-refractivity contribution in [3.63, 3.8) is 0 Å². The number of piperazine rings is 1. The second-order valence-corrected chi connectivity index (χ2v) is 11.8. The number of carbonyl (C=O) groups excluding carboxylic acids is 2. The van der Waals surface area contributed by atoms with Crippen molar-refractivity contribution in [3.05, 3.63) is 83.0 Å². The molecule has 2 aliphatic heterocycles. The van der Waals surface area contributed by atoms with E-state index in [4.69, 9.17) is 18.9 Å². The number of nitrogens with one attached hydrogen (secondary N) is 1. The number of nitrogens with zero attached hydrogens (tertiary/aromatic N) is 2. The lowest BCUT2D eigenvalue weighted by Gasteiger charge is -2.51. The molecule has 9 nitrogen and oxygen atoms in total. The molecule has 1 saturated heterocycles. The van der Waals surface area contributed by atoms with Crippen LogP contribution in [-0.4, -0.2) is 73.7 Å². The normalized spacial score (nSPS) is 19.7. The highest BCUT2D eigenvalue weighted by Crippen LogP contribution is 2.49. The standard InChI is InChI=1S/C35H39N3O6/c1-21(2)44-28-14-12-23(18-30(28)43-6)25-19-38-31(39)20-37(16-15-22-11-13-27(41-4)29(17-22)42-5)34(40)35(38,3)33-32(25)24-9-7-8-10-26(24)36-33/h7-14,17-18,21,25,36H,15-16,19-20H2,1-6H3/t25-,35+/m1/s1. The van der Waals surface area contributed by atoms with Gasteiger partial charge in [-0.2, -0.15) is 0 Å². The number of hydrogen-bond acceptors (Lipinski definition) is 6. The van der Waals surface area contributed by atoms with Crippen molar-refractivity contribution in [1.82, 2.24) is 14.8 Å². The number of amides is 2. The number of hydrogen-bond donors (Lipinski definition) is 1. The lowest BCUT2D eigenvalue weighted by atomic mass is 9.76. The van der Waals surface area contributed by atoms with Crippen LogP contribution in [0.3, 0.4) is 0 Å². The van der Waals surface area contributed by atoms with Crippen molar-refractivity contribution in [1.29, 1.82) is 0 Å². The molecule has 3 aromatic carbocycles. The van der Waals surface area contributed by atoms with Crippen molar-refractivity contribution in [2.75, 3.05) is 41.0 Å². The Morgan fingerprint density at radius 1 is 0.909 bits per heavy atom. The van der Waals surface area contributed by atoms with Gasteiger partial charge in [-0.3, -0.25) is 9.59 Å². The van der Waals surface area contributed by atoms with E-state index in [-0.39, 0.29) is 30.4 Å². The zero-order valence-corrected chi connectivity index (χ0v) is 26.1. The molecule has 0 spiro atoms. The first-order valence-electron chi connectivity index (χ1n) is 15.0. The van der Waals surface area contributed by atoms with Crippen LogP contribution >= 0.6 is 0 Å². The Morgan fingerprint density at radius 3 is 2.34 bits per heavy atom. The van der Waals surface area contributed by atoms with Crippen LogP contribution in [0.15, 0.2) is 60.7 Å². The molecule has 0 aliphatic carbocycles. The molecule has 2 amide bonds. The lowest BCUT2D eigenvalue weighted by Crippen LogP contribution is -2.67. The molecule has 0 bridgehead atoms. The van der Waals surface area contributed by atoms with Gasteiger partial charge in [-0.15, -0.1) is 0 Å². The van der Waals surface area contributed by atoms with Crippen LogP contribution in [0.4, 0.5) is 0 Å². The number of para-hydroxylation sites is 1. The number of aromatic amines is 1. The monoisotopic (exact) mass is 597 g/mol. The Labute approximate surface area is 257 Å². The summed E-state index contributed by atoms with van der Waals surface area (Å²) in [6, 6.07) is 19.7. The predicted octanol–water partition coefficient (Wildman–Crippen LogP) is 5.26. The maximum absolute atomic E-state index is 14.4. The number of methoxy groups -OCH3 is 3. The average Bonchev–Trinajstić information content (AvgIpc) is 3.43. The predicted molar refractivity (Wildman–Crippen MR) is 168 cm³/mol. The third-order valence-electron chi connectivity index (χ3n) is 8.89. The first-order valence-corrected chi connectivity index (χ1v) is 15.0. The number of benzene rings is 3. The van der Waals surface area contributed by atoms with Crippen LogP contribution in [-0.2, 0) is 21.5 Å². The van der Waals surface area contributed by atoms with E-state index in [1.54, 1.807) is 31.1 Å². The largest absolute Gasteiger partial charge is 0.493 e. The van der Waals surface area contributed by atoms with Crippen LogP contribution in [0, 0.1) is 0 Å². The molecule has 0 radical (unpaired) electrons. The average molecular weight is 598 g/mol. The molecule has 1 N–H and O–H groups in total. The Kier molecular flexibility index (Phi) is 7.65. The highest BCUT2D eigenvalue weighted by molar-refractivity contribution is 6.01. The van der Waals surface area contributed by atoms with Crippen LogP contribution in [0.5, 0.6) is 23.0 Å². The van der Waals surface area contributed by atoms with Gasteiger partial charge in [-0.25, -0.2) is 0 Å². The number of carbonyl (C=O) groups is 2. The molecule has 0 saturated carbocycles. The van der Waals surface area contributed by atoms with Crippen molar-refractivity contribution in [2.45, 2.75) is 44.8 Å². The molecule has 1 fully saturated rings. The molecule has 9 heteroatoms. The van der Waals surface area contributed by atoms with Gasteiger partial charge >= 0.3 is 0 Å². The first-order chi connectivity index (χ1) is 21.2. The molecule has 0 unspecified atom stereocenters. The molecule has 3 heterocycles. The van der Waals surface area contributed by atoms with Crippen molar-refractivity contribution in [3.8, 4) is 23.0 Å². The Hall–Kier alpha value is -4.66. The zero-order chi connectivity index (χ0) is 31.2. The number of ether oxygens (including phenoxy) is 4. The van der Waals surface area contributed by atoms with Crippen LogP contribution < -0.4 is 18.9 Å². The van der Waals surface area contributed by atoms with Gasteiger partial charge in [0.25, 0.3) is 5.91 Å². The zero-order valence-electron chi connectivity index (χ0n) is 26.1. The highest BCUT2D eigenvalue weighted by atomic mass is 16.5. The number of rotatable bonds is 9. The highest BCUT2D eigenvalue weighted by Gasteiger charge is 2.56. The minimum Gasteiger partial charge on any atom is -0.493 e. The van der Waals surface area contributed by atoms with Gasteiger partial charge < -0.3 is 33.7 Å². The molecule has 1 aromatic heterocycles. The summed E-state index contributed by atoms with van der Waals surface area (Å²) in [6.45, 7) is 6.62. The Morgan fingerprint density at radius 2 is 1.61 bits per heavy atom. The van der Waals surface area contributed by atoms with Crippen LogP contribution in [0.25, 0.3) is 10.9 Å². The number of aromatic nitrogens is 1. The molecular formula is C35H39N3O6. The summed E-state index contributed by atoms with van der Waals surface area (Å²) in [5.74, 6) is 2.22. The first kappa shape index (κ1) is 29.4. The van der Waals surface area contributed by atoms with Gasteiger partial charge in [0.2, 0.25) is 5.91 Å². The molecule has 2 atom stereocenters. The topological polar surface area (TPSA) is 93.3 Å². The second kappa shape index (κ2) is 11.4. The van der Waals surface area contributed by atoms with E-state index in [2.05, 4.69) is 11.1 Å². The SMILES string of the molecule is COc1ccc(CCN2CC(=O)N3C[C@H](c4ccc(OC(C)C)c(OC)c4)c4c([nH]c5ccccc45)[C@@]3(C)C2=O)cc1OC. The second-order valence-electron chi connectivity index (χ2n) is 11.8. The fraction of sp³-hybridized carbons (Fsp3) is 0.371. The van der Waals surface area contributed by atoms with Crippen molar-refractivity contribution < 1.29 is 28.5 Å². The van der Waals surface area contributed by atoms with Gasteiger partial charge in [0.1, 0.15) is 0 Å². The third-order valence-corrected chi connectivity index (χ3v) is 8.89. The van der Waals surface area contributed by atoms with Gasteiger partial charge in [0.05, 0.1) is 39.7 Å². The smallest absolute Gasteiger partial charge is 0.254 e. The van der Waals surface area contributed by atoms with Crippen LogP contribution in [0.2, 0.25) is 0 Å². The maximum atomic E-state index is 14.4. The quantitative estimate of drug-likeness (QED) is 0.283. The van der Waals surface area contributed by atoms with E-state index in [9.17, 15) is 9.59 Å². The summed E-state index contributed by atoms with van der Waals surface area (Å²) in [5.41, 5.74) is 3.52. The van der Waals surface area contributed by atoms with E-state index in [0.29, 0.717) is 42.5 Å². The summed E-state index contributed by atoms with van der Waals surface area (Å²) in [7, 11) is 4.83. The summed E-state index contributed by atoms with van der Waals surface area (Å²) < 4.78 is 22.5. The molecule has 2 aliphatic rings.